The summed E-state index contributed by atoms with van der Waals surface area (Å²) in [4.78, 5) is 10.7. The van der Waals surface area contributed by atoms with E-state index >= 15 is 0 Å². The summed E-state index contributed by atoms with van der Waals surface area (Å²) in [6, 6.07) is 0. The van der Waals surface area contributed by atoms with E-state index in [1.165, 1.54) is 38.5 Å². The van der Waals surface area contributed by atoms with Crippen molar-refractivity contribution in [1.82, 2.24) is 5.73 Å². The molecule has 1 saturated carbocycles. The van der Waals surface area contributed by atoms with Crippen LogP contribution in [0, 0.1) is 5.92 Å². The Labute approximate surface area is 86.0 Å². The average Bonchev–Trinajstić information content (AvgIpc) is 2.46. The second-order valence-electron chi connectivity index (χ2n) is 4.04. The van der Waals surface area contributed by atoms with Gasteiger partial charge in [0.05, 0.1) is 6.61 Å². The van der Waals surface area contributed by atoms with E-state index in [-0.39, 0.29) is 6.54 Å². The first-order valence-corrected chi connectivity index (χ1v) is 5.63. The van der Waals surface area contributed by atoms with Gasteiger partial charge < -0.3 is 4.74 Å². The number of nitrogens with one attached hydrogen (secondary N) is 1. The van der Waals surface area contributed by atoms with Crippen LogP contribution in [-0.2, 0) is 9.53 Å². The molecule has 0 aromatic rings. The van der Waals surface area contributed by atoms with Crippen molar-refractivity contribution in [2.24, 2.45) is 5.92 Å². The van der Waals surface area contributed by atoms with Gasteiger partial charge in [0.2, 0.25) is 0 Å². The fraction of sp³-hybridized carbons (Fsp3) is 0.909. The molecule has 1 aliphatic carbocycles. The van der Waals surface area contributed by atoms with E-state index in [1.54, 1.807) is 0 Å². The molecule has 14 heavy (non-hydrogen) atoms. The summed E-state index contributed by atoms with van der Waals surface area (Å²) in [7, 11) is 0. The molecule has 1 aliphatic rings. The standard InChI is InChI=1S/C11H20NO2/c12-9-11(13)14-8-7-10-5-3-1-2-4-6-10/h10,12H,1-9H2. The van der Waals surface area contributed by atoms with Crippen LogP contribution in [-0.4, -0.2) is 19.1 Å². The second kappa shape index (κ2) is 6.82. The fourth-order valence-corrected chi connectivity index (χ4v) is 2.04. The zero-order chi connectivity index (χ0) is 10.2. The van der Waals surface area contributed by atoms with E-state index in [2.05, 4.69) is 0 Å². The highest BCUT2D eigenvalue weighted by molar-refractivity contribution is 5.71. The lowest BCUT2D eigenvalue weighted by Crippen LogP contribution is -2.13. The molecule has 0 aromatic heterocycles. The molecule has 3 nitrogen and oxygen atoms in total. The van der Waals surface area contributed by atoms with Crippen LogP contribution in [0.5, 0.6) is 0 Å². The number of esters is 1. The van der Waals surface area contributed by atoms with Crippen LogP contribution in [0.3, 0.4) is 0 Å². The highest BCUT2D eigenvalue weighted by Gasteiger charge is 2.12. The fourth-order valence-electron chi connectivity index (χ4n) is 2.04. The molecule has 0 amide bonds. The molecule has 0 saturated heterocycles. The van der Waals surface area contributed by atoms with Crippen molar-refractivity contribution < 1.29 is 9.53 Å². The SMILES string of the molecule is [NH]CC(=O)OCCC1CCCCCC1. The van der Waals surface area contributed by atoms with Gasteiger partial charge in [-0.1, -0.05) is 38.5 Å². The third kappa shape index (κ3) is 4.61. The van der Waals surface area contributed by atoms with Crippen LogP contribution in [0.2, 0.25) is 0 Å². The van der Waals surface area contributed by atoms with Crippen molar-refractivity contribution in [2.45, 2.75) is 44.9 Å². The lowest BCUT2D eigenvalue weighted by molar-refractivity contribution is -0.142. The topological polar surface area (TPSA) is 50.1 Å². The minimum atomic E-state index is -0.390. The molecule has 0 aromatic carbocycles. The monoisotopic (exact) mass is 198 g/mol. The Hall–Kier alpha value is -0.570. The molecule has 0 heterocycles. The van der Waals surface area contributed by atoms with E-state index in [9.17, 15) is 4.79 Å². The summed E-state index contributed by atoms with van der Waals surface area (Å²) in [5, 5.41) is 0. The number of carbonyl (C=O) groups is 1. The van der Waals surface area contributed by atoms with Crippen LogP contribution in [0.4, 0.5) is 0 Å². The highest BCUT2D eigenvalue weighted by Crippen LogP contribution is 2.25. The van der Waals surface area contributed by atoms with Gasteiger partial charge in [0.25, 0.3) is 0 Å². The second-order valence-corrected chi connectivity index (χ2v) is 4.04. The van der Waals surface area contributed by atoms with Gasteiger partial charge >= 0.3 is 5.97 Å². The van der Waals surface area contributed by atoms with Gasteiger partial charge in [0, 0.05) is 0 Å². The molecule has 0 spiro atoms. The van der Waals surface area contributed by atoms with Gasteiger partial charge in [0.15, 0.2) is 0 Å². The van der Waals surface area contributed by atoms with Crippen LogP contribution in [0.15, 0.2) is 0 Å². The van der Waals surface area contributed by atoms with Crippen molar-refractivity contribution in [1.29, 1.82) is 0 Å². The van der Waals surface area contributed by atoms with Crippen LogP contribution >= 0.6 is 0 Å². The first-order chi connectivity index (χ1) is 6.83. The quantitative estimate of drug-likeness (QED) is 0.513. The molecule has 1 rings (SSSR count). The summed E-state index contributed by atoms with van der Waals surface area (Å²) in [5.41, 5.74) is 6.79. The lowest BCUT2D eigenvalue weighted by Gasteiger charge is -2.13. The molecule has 1 N–H and O–H groups in total. The maximum absolute atomic E-state index is 10.7. The summed E-state index contributed by atoms with van der Waals surface area (Å²) in [6.45, 7) is 0.271. The Morgan fingerprint density at radius 3 is 2.43 bits per heavy atom. The summed E-state index contributed by atoms with van der Waals surface area (Å²) >= 11 is 0. The van der Waals surface area contributed by atoms with Crippen molar-refractivity contribution in [2.75, 3.05) is 13.2 Å². The zero-order valence-electron chi connectivity index (χ0n) is 8.76. The van der Waals surface area contributed by atoms with Gasteiger partial charge in [-0.15, -0.1) is 0 Å². The third-order valence-electron chi connectivity index (χ3n) is 2.91. The van der Waals surface area contributed by atoms with E-state index in [4.69, 9.17) is 10.5 Å². The summed E-state index contributed by atoms with van der Waals surface area (Å²) in [6.07, 6.45) is 8.96. The van der Waals surface area contributed by atoms with E-state index in [1.807, 2.05) is 0 Å². The molecule has 81 valence electrons. The largest absolute Gasteiger partial charge is 0.465 e. The molecular weight excluding hydrogens is 178 g/mol. The molecular formula is C11H20NO2. The zero-order valence-corrected chi connectivity index (χ0v) is 8.76. The van der Waals surface area contributed by atoms with Crippen molar-refractivity contribution in [3.05, 3.63) is 0 Å². The van der Waals surface area contributed by atoms with Gasteiger partial charge in [-0.25, -0.2) is 5.73 Å². The maximum atomic E-state index is 10.7. The predicted octanol–water partition coefficient (Wildman–Crippen LogP) is 2.17. The van der Waals surface area contributed by atoms with Gasteiger partial charge in [-0.2, -0.15) is 0 Å². The molecule has 0 unspecified atom stereocenters. The lowest BCUT2D eigenvalue weighted by atomic mass is 9.97. The number of ether oxygens (including phenoxy) is 1. The number of hydrogen-bond acceptors (Lipinski definition) is 2. The first kappa shape index (κ1) is 11.5. The Kier molecular flexibility index (Phi) is 5.60. The number of rotatable bonds is 4. The van der Waals surface area contributed by atoms with Crippen LogP contribution in [0.25, 0.3) is 0 Å². The smallest absolute Gasteiger partial charge is 0.321 e. The molecule has 0 aliphatic heterocycles. The van der Waals surface area contributed by atoms with Gasteiger partial charge in [0.1, 0.15) is 6.54 Å². The summed E-state index contributed by atoms with van der Waals surface area (Å²) < 4.78 is 4.91. The number of carbonyl (C=O) groups excluding carboxylic acids is 1. The summed E-state index contributed by atoms with van der Waals surface area (Å²) in [5.74, 6) is 0.356. The molecule has 1 radical (unpaired) electrons. The number of hydrogen-bond donors (Lipinski definition) is 0. The Morgan fingerprint density at radius 2 is 1.86 bits per heavy atom. The highest BCUT2D eigenvalue weighted by atomic mass is 16.5. The first-order valence-electron chi connectivity index (χ1n) is 5.63. The van der Waals surface area contributed by atoms with Crippen LogP contribution in [0.1, 0.15) is 44.9 Å². The molecule has 1 fully saturated rings. The average molecular weight is 198 g/mol. The van der Waals surface area contributed by atoms with E-state index in [0.29, 0.717) is 6.61 Å². The van der Waals surface area contributed by atoms with Crippen molar-refractivity contribution in [3.8, 4) is 0 Å². The Bertz CT molecular complexity index is 163. The third-order valence-corrected chi connectivity index (χ3v) is 2.91. The van der Waals surface area contributed by atoms with E-state index < -0.39 is 5.97 Å². The Balaban J connectivity index is 2.07. The Morgan fingerprint density at radius 1 is 1.21 bits per heavy atom. The molecule has 3 heteroatoms. The maximum Gasteiger partial charge on any atom is 0.321 e. The van der Waals surface area contributed by atoms with Gasteiger partial charge in [-0.05, 0) is 12.3 Å². The van der Waals surface area contributed by atoms with Crippen molar-refractivity contribution >= 4 is 5.97 Å². The predicted molar refractivity (Wildman–Crippen MR) is 54.7 cm³/mol. The minimum absolute atomic E-state index is 0.245. The van der Waals surface area contributed by atoms with Gasteiger partial charge in [-0.3, -0.25) is 4.79 Å². The van der Waals surface area contributed by atoms with E-state index in [0.717, 1.165) is 12.3 Å². The molecule has 0 bridgehead atoms. The molecule has 0 atom stereocenters. The normalized spacial score (nSPS) is 18.9. The van der Waals surface area contributed by atoms with Crippen molar-refractivity contribution in [3.63, 3.8) is 0 Å². The van der Waals surface area contributed by atoms with Crippen LogP contribution < -0.4 is 5.73 Å². The minimum Gasteiger partial charge on any atom is -0.465 e.